The summed E-state index contributed by atoms with van der Waals surface area (Å²) in [5.74, 6) is -0.163. The monoisotopic (exact) mass is 290 g/mol. The maximum Gasteiger partial charge on any atom is 0.226 e. The van der Waals surface area contributed by atoms with Gasteiger partial charge in [-0.05, 0) is 32.4 Å². The molecule has 0 atom stereocenters. The number of amides is 1. The standard InChI is InChI=1S/C16H22N2O3/c1-16(2,20-3)9-11-21-10-8-15(19)18-14-7-5-4-6-13(14)12-17/h4-7H,8-11H2,1-3H3,(H,18,19). The van der Waals surface area contributed by atoms with Crippen molar-refractivity contribution in [2.24, 2.45) is 0 Å². The first-order valence-corrected chi connectivity index (χ1v) is 6.90. The second kappa shape index (κ2) is 8.40. The van der Waals surface area contributed by atoms with Gasteiger partial charge in [-0.1, -0.05) is 12.1 Å². The summed E-state index contributed by atoms with van der Waals surface area (Å²) in [5.41, 5.74) is 0.771. The number of carbonyl (C=O) groups excluding carboxylic acids is 1. The summed E-state index contributed by atoms with van der Waals surface area (Å²) in [6.07, 6.45) is 1.02. The summed E-state index contributed by atoms with van der Waals surface area (Å²) in [6, 6.07) is 8.95. The van der Waals surface area contributed by atoms with Crippen molar-refractivity contribution in [2.45, 2.75) is 32.3 Å². The zero-order valence-corrected chi connectivity index (χ0v) is 12.8. The molecule has 114 valence electrons. The van der Waals surface area contributed by atoms with Gasteiger partial charge in [-0.3, -0.25) is 4.79 Å². The molecular formula is C16H22N2O3. The van der Waals surface area contributed by atoms with Crippen LogP contribution in [0.4, 0.5) is 5.69 Å². The third kappa shape index (κ3) is 6.39. The van der Waals surface area contributed by atoms with E-state index in [1.54, 1.807) is 31.4 Å². The molecule has 1 aromatic rings. The Kier molecular flexibility index (Phi) is 6.86. The van der Waals surface area contributed by atoms with Gasteiger partial charge in [0.2, 0.25) is 5.91 Å². The highest BCUT2D eigenvalue weighted by Gasteiger charge is 2.15. The number of rotatable bonds is 8. The van der Waals surface area contributed by atoms with Crippen LogP contribution in [0, 0.1) is 11.3 Å². The van der Waals surface area contributed by atoms with Gasteiger partial charge in [0, 0.05) is 13.7 Å². The van der Waals surface area contributed by atoms with Gasteiger partial charge in [-0.2, -0.15) is 5.26 Å². The minimum Gasteiger partial charge on any atom is -0.381 e. The van der Waals surface area contributed by atoms with E-state index in [9.17, 15) is 4.79 Å². The van der Waals surface area contributed by atoms with Crippen molar-refractivity contribution in [1.82, 2.24) is 0 Å². The van der Waals surface area contributed by atoms with Gasteiger partial charge in [-0.15, -0.1) is 0 Å². The van der Waals surface area contributed by atoms with Gasteiger partial charge in [0.05, 0.1) is 29.9 Å². The van der Waals surface area contributed by atoms with E-state index in [1.807, 2.05) is 19.9 Å². The number of nitriles is 1. The van der Waals surface area contributed by atoms with E-state index in [1.165, 1.54) is 0 Å². The molecule has 0 radical (unpaired) electrons. The van der Waals surface area contributed by atoms with Crippen LogP contribution in [0.2, 0.25) is 0 Å². The van der Waals surface area contributed by atoms with Crippen molar-refractivity contribution < 1.29 is 14.3 Å². The van der Waals surface area contributed by atoms with Crippen molar-refractivity contribution in [3.63, 3.8) is 0 Å². The molecule has 1 aromatic carbocycles. The van der Waals surface area contributed by atoms with Crippen LogP contribution in [0.3, 0.4) is 0 Å². The first-order chi connectivity index (χ1) is 9.98. The third-order valence-corrected chi connectivity index (χ3v) is 3.20. The number of hydrogen-bond donors (Lipinski definition) is 1. The molecule has 0 spiro atoms. The molecule has 5 heteroatoms. The lowest BCUT2D eigenvalue weighted by Crippen LogP contribution is -2.24. The van der Waals surface area contributed by atoms with Crippen molar-refractivity contribution in [3.05, 3.63) is 29.8 Å². The molecule has 0 aliphatic heterocycles. The zero-order valence-electron chi connectivity index (χ0n) is 12.8. The summed E-state index contributed by atoms with van der Waals surface area (Å²) >= 11 is 0. The van der Waals surface area contributed by atoms with E-state index in [0.717, 1.165) is 6.42 Å². The van der Waals surface area contributed by atoms with Crippen LogP contribution in [-0.4, -0.2) is 31.8 Å². The smallest absolute Gasteiger partial charge is 0.226 e. The normalized spacial score (nSPS) is 11.0. The van der Waals surface area contributed by atoms with Crippen molar-refractivity contribution in [2.75, 3.05) is 25.6 Å². The summed E-state index contributed by atoms with van der Waals surface area (Å²) in [4.78, 5) is 11.8. The van der Waals surface area contributed by atoms with E-state index < -0.39 is 0 Å². The Morgan fingerprint density at radius 2 is 2.05 bits per heavy atom. The largest absolute Gasteiger partial charge is 0.381 e. The molecular weight excluding hydrogens is 268 g/mol. The number of benzene rings is 1. The maximum atomic E-state index is 11.8. The Balaban J connectivity index is 2.28. The van der Waals surface area contributed by atoms with Crippen molar-refractivity contribution >= 4 is 11.6 Å². The molecule has 5 nitrogen and oxygen atoms in total. The summed E-state index contributed by atoms with van der Waals surface area (Å²) in [5, 5.41) is 11.7. The Morgan fingerprint density at radius 3 is 2.71 bits per heavy atom. The summed E-state index contributed by atoms with van der Waals surface area (Å²) in [6.45, 7) is 4.87. The first-order valence-electron chi connectivity index (χ1n) is 6.90. The predicted octanol–water partition coefficient (Wildman–Crippen LogP) is 2.72. The van der Waals surface area contributed by atoms with Crippen molar-refractivity contribution in [3.8, 4) is 6.07 Å². The number of methoxy groups -OCH3 is 1. The highest BCUT2D eigenvalue weighted by atomic mass is 16.5. The van der Waals surface area contributed by atoms with Crippen LogP contribution in [0.25, 0.3) is 0 Å². The third-order valence-electron chi connectivity index (χ3n) is 3.20. The molecule has 1 amide bonds. The Bertz CT molecular complexity index is 506. The van der Waals surface area contributed by atoms with E-state index in [0.29, 0.717) is 24.5 Å². The second-order valence-corrected chi connectivity index (χ2v) is 5.28. The SMILES string of the molecule is COC(C)(C)CCOCCC(=O)Nc1ccccc1C#N. The molecule has 0 saturated carbocycles. The van der Waals surface area contributed by atoms with Gasteiger partial charge in [0.1, 0.15) is 6.07 Å². The molecule has 0 heterocycles. The fourth-order valence-electron chi connectivity index (χ4n) is 1.59. The van der Waals surface area contributed by atoms with Gasteiger partial charge in [-0.25, -0.2) is 0 Å². The van der Waals surface area contributed by atoms with Gasteiger partial charge in [0.15, 0.2) is 0 Å². The first kappa shape index (κ1) is 17.2. The average molecular weight is 290 g/mol. The molecule has 0 aliphatic carbocycles. The fourth-order valence-corrected chi connectivity index (χ4v) is 1.59. The second-order valence-electron chi connectivity index (χ2n) is 5.28. The number of carbonyl (C=O) groups is 1. The molecule has 0 fully saturated rings. The average Bonchev–Trinajstić information content (AvgIpc) is 2.47. The van der Waals surface area contributed by atoms with Crippen LogP contribution in [-0.2, 0) is 14.3 Å². The zero-order chi connectivity index (χ0) is 15.7. The maximum absolute atomic E-state index is 11.8. The number of nitrogens with zero attached hydrogens (tertiary/aromatic N) is 1. The predicted molar refractivity (Wildman–Crippen MR) is 80.9 cm³/mol. The number of anilines is 1. The Morgan fingerprint density at radius 1 is 1.33 bits per heavy atom. The van der Waals surface area contributed by atoms with Crippen LogP contribution in [0.15, 0.2) is 24.3 Å². The van der Waals surface area contributed by atoms with Crippen LogP contribution < -0.4 is 5.32 Å². The summed E-state index contributed by atoms with van der Waals surface area (Å²) in [7, 11) is 1.67. The van der Waals surface area contributed by atoms with Gasteiger partial charge >= 0.3 is 0 Å². The topological polar surface area (TPSA) is 71.3 Å². The number of nitrogens with one attached hydrogen (secondary N) is 1. The van der Waals surface area contributed by atoms with Crippen LogP contribution >= 0.6 is 0 Å². The Labute approximate surface area is 125 Å². The Hall–Kier alpha value is -1.90. The minimum absolute atomic E-state index is 0.163. The fraction of sp³-hybridized carbons (Fsp3) is 0.500. The van der Waals surface area contributed by atoms with E-state index >= 15 is 0 Å². The van der Waals surface area contributed by atoms with Crippen LogP contribution in [0.1, 0.15) is 32.3 Å². The molecule has 0 unspecified atom stereocenters. The number of ether oxygens (including phenoxy) is 2. The van der Waals surface area contributed by atoms with Gasteiger partial charge in [0.25, 0.3) is 0 Å². The lowest BCUT2D eigenvalue weighted by atomic mass is 10.1. The van der Waals surface area contributed by atoms with E-state index in [-0.39, 0.29) is 17.9 Å². The van der Waals surface area contributed by atoms with Crippen LogP contribution in [0.5, 0.6) is 0 Å². The molecule has 0 bridgehead atoms. The number of hydrogen-bond acceptors (Lipinski definition) is 4. The highest BCUT2D eigenvalue weighted by Crippen LogP contribution is 2.14. The molecule has 0 saturated heterocycles. The van der Waals surface area contributed by atoms with Crippen molar-refractivity contribution in [1.29, 1.82) is 5.26 Å². The summed E-state index contributed by atoms with van der Waals surface area (Å²) < 4.78 is 10.7. The highest BCUT2D eigenvalue weighted by molar-refractivity contribution is 5.92. The van der Waals surface area contributed by atoms with Gasteiger partial charge < -0.3 is 14.8 Å². The lowest BCUT2D eigenvalue weighted by molar-refractivity contribution is -0.117. The van der Waals surface area contributed by atoms with E-state index in [4.69, 9.17) is 14.7 Å². The molecule has 1 N–H and O–H groups in total. The molecule has 21 heavy (non-hydrogen) atoms. The number of para-hydroxylation sites is 1. The molecule has 1 rings (SSSR count). The quantitative estimate of drug-likeness (QED) is 0.747. The van der Waals surface area contributed by atoms with E-state index in [2.05, 4.69) is 5.32 Å². The molecule has 0 aromatic heterocycles. The minimum atomic E-state index is -0.214. The molecule has 0 aliphatic rings. The lowest BCUT2D eigenvalue weighted by Gasteiger charge is -2.22.